The molecule has 2 heterocycles. The number of hydrogen-bond acceptors (Lipinski definition) is 6. The van der Waals surface area contributed by atoms with Crippen LogP contribution < -0.4 is 10.2 Å². The smallest absolute Gasteiger partial charge is 0.245 e. The number of nitrogens with one attached hydrogen (secondary N) is 1. The highest BCUT2D eigenvalue weighted by molar-refractivity contribution is 7.98. The largest absolute Gasteiger partial charge is 0.352 e. The van der Waals surface area contributed by atoms with Crippen molar-refractivity contribution in [3.63, 3.8) is 0 Å². The standard InChI is InChI=1S/C19H29N5O2S/c1-14(25)20-17(7-12-27-2)19(26)24-10-8-23(9-11-24)18-13-15-5-3-4-6-16(15)21-22-18/h13,17H,3-12H2,1-2H3,(H,20,25)/t17-/m0/s1. The molecular formula is C19H29N5O2S. The van der Waals surface area contributed by atoms with Gasteiger partial charge in [-0.3, -0.25) is 9.59 Å². The van der Waals surface area contributed by atoms with Crippen molar-refractivity contribution in [2.45, 2.75) is 45.1 Å². The average Bonchev–Trinajstić information content (AvgIpc) is 2.70. The van der Waals surface area contributed by atoms with Crippen LogP contribution in [-0.2, 0) is 22.4 Å². The summed E-state index contributed by atoms with van der Waals surface area (Å²) in [5.41, 5.74) is 2.47. The Balaban J connectivity index is 1.58. The van der Waals surface area contributed by atoms with Gasteiger partial charge in [0.25, 0.3) is 0 Å². The molecule has 148 valence electrons. The second-order valence-electron chi connectivity index (χ2n) is 7.23. The van der Waals surface area contributed by atoms with E-state index in [-0.39, 0.29) is 11.8 Å². The van der Waals surface area contributed by atoms with Crippen molar-refractivity contribution in [3.05, 3.63) is 17.3 Å². The Kier molecular flexibility index (Phi) is 6.93. The first kappa shape index (κ1) is 19.9. The molecular weight excluding hydrogens is 362 g/mol. The lowest BCUT2D eigenvalue weighted by atomic mass is 9.97. The third-order valence-corrected chi connectivity index (χ3v) is 5.90. The van der Waals surface area contributed by atoms with Gasteiger partial charge in [0.15, 0.2) is 5.82 Å². The molecule has 1 saturated heterocycles. The molecule has 2 aliphatic rings. The Bertz CT molecular complexity index is 676. The second-order valence-corrected chi connectivity index (χ2v) is 8.21. The Labute approximate surface area is 165 Å². The van der Waals surface area contributed by atoms with Crippen LogP contribution in [0.3, 0.4) is 0 Å². The minimum Gasteiger partial charge on any atom is -0.352 e. The molecule has 0 saturated carbocycles. The summed E-state index contributed by atoms with van der Waals surface area (Å²) in [5, 5.41) is 11.6. The van der Waals surface area contributed by atoms with Crippen LogP contribution in [0.25, 0.3) is 0 Å². The van der Waals surface area contributed by atoms with Gasteiger partial charge < -0.3 is 15.1 Å². The van der Waals surface area contributed by atoms with Crippen molar-refractivity contribution < 1.29 is 9.59 Å². The molecule has 27 heavy (non-hydrogen) atoms. The van der Waals surface area contributed by atoms with Crippen LogP contribution in [0.15, 0.2) is 6.07 Å². The van der Waals surface area contributed by atoms with E-state index in [1.165, 1.54) is 25.3 Å². The maximum atomic E-state index is 12.8. The fourth-order valence-electron chi connectivity index (χ4n) is 3.75. The number of rotatable bonds is 6. The van der Waals surface area contributed by atoms with Gasteiger partial charge in [0.2, 0.25) is 11.8 Å². The first-order chi connectivity index (χ1) is 13.1. The molecule has 1 aliphatic heterocycles. The molecule has 0 aromatic carbocycles. The van der Waals surface area contributed by atoms with Gasteiger partial charge in [0.05, 0.1) is 5.69 Å². The first-order valence-corrected chi connectivity index (χ1v) is 11.1. The van der Waals surface area contributed by atoms with Crippen molar-refractivity contribution in [2.24, 2.45) is 0 Å². The minimum absolute atomic E-state index is 0.0235. The Morgan fingerprint density at radius 2 is 1.93 bits per heavy atom. The average molecular weight is 392 g/mol. The summed E-state index contributed by atoms with van der Waals surface area (Å²) in [6.45, 7) is 4.25. The molecule has 7 nitrogen and oxygen atoms in total. The van der Waals surface area contributed by atoms with Gasteiger partial charge in [0, 0.05) is 33.1 Å². The Hall–Kier alpha value is -1.83. The quantitative estimate of drug-likeness (QED) is 0.787. The predicted octanol–water partition coefficient (Wildman–Crippen LogP) is 1.26. The van der Waals surface area contributed by atoms with Crippen LogP contribution >= 0.6 is 11.8 Å². The molecule has 1 N–H and O–H groups in total. The zero-order chi connectivity index (χ0) is 19.2. The number of carbonyl (C=O) groups excluding carboxylic acids is 2. The van der Waals surface area contributed by atoms with Gasteiger partial charge in [-0.2, -0.15) is 16.9 Å². The topological polar surface area (TPSA) is 78.4 Å². The molecule has 1 fully saturated rings. The zero-order valence-electron chi connectivity index (χ0n) is 16.2. The normalized spacial score (nSPS) is 18.0. The van der Waals surface area contributed by atoms with E-state index in [2.05, 4.69) is 26.5 Å². The van der Waals surface area contributed by atoms with E-state index in [1.54, 1.807) is 11.8 Å². The van der Waals surface area contributed by atoms with E-state index in [0.717, 1.165) is 43.2 Å². The number of fused-ring (bicyclic) bond motifs is 1. The minimum atomic E-state index is -0.426. The number of amides is 2. The number of hydrogen-bond donors (Lipinski definition) is 1. The summed E-state index contributed by atoms with van der Waals surface area (Å²) in [6, 6.07) is 1.75. The van der Waals surface area contributed by atoms with Gasteiger partial charge in [-0.15, -0.1) is 5.10 Å². The molecule has 1 aliphatic carbocycles. The molecule has 0 spiro atoms. The number of aromatic nitrogens is 2. The van der Waals surface area contributed by atoms with Crippen molar-refractivity contribution in [1.29, 1.82) is 0 Å². The highest BCUT2D eigenvalue weighted by atomic mass is 32.2. The van der Waals surface area contributed by atoms with Gasteiger partial charge in [-0.25, -0.2) is 0 Å². The molecule has 0 unspecified atom stereocenters. The van der Waals surface area contributed by atoms with Gasteiger partial charge in [-0.05, 0) is 55.7 Å². The van der Waals surface area contributed by atoms with Gasteiger partial charge >= 0.3 is 0 Å². The fraction of sp³-hybridized carbons (Fsp3) is 0.684. The summed E-state index contributed by atoms with van der Waals surface area (Å²) in [4.78, 5) is 28.4. The third-order valence-electron chi connectivity index (χ3n) is 5.26. The Morgan fingerprint density at radius 3 is 2.63 bits per heavy atom. The summed E-state index contributed by atoms with van der Waals surface area (Å²) < 4.78 is 0. The maximum absolute atomic E-state index is 12.8. The van der Waals surface area contributed by atoms with Gasteiger partial charge in [-0.1, -0.05) is 0 Å². The van der Waals surface area contributed by atoms with Crippen molar-refractivity contribution in [2.75, 3.05) is 43.1 Å². The lowest BCUT2D eigenvalue weighted by Crippen LogP contribution is -2.55. The molecule has 2 amide bonds. The highest BCUT2D eigenvalue weighted by Crippen LogP contribution is 2.23. The number of nitrogens with zero attached hydrogens (tertiary/aromatic N) is 4. The summed E-state index contributed by atoms with van der Waals surface area (Å²) in [7, 11) is 0. The van der Waals surface area contributed by atoms with Crippen LogP contribution in [0.4, 0.5) is 5.82 Å². The molecule has 3 rings (SSSR count). The number of carbonyl (C=O) groups is 2. The first-order valence-electron chi connectivity index (χ1n) is 9.73. The van der Waals surface area contributed by atoms with Crippen LogP contribution in [0.5, 0.6) is 0 Å². The summed E-state index contributed by atoms with van der Waals surface area (Å²) in [5.74, 6) is 1.64. The highest BCUT2D eigenvalue weighted by Gasteiger charge is 2.28. The van der Waals surface area contributed by atoms with Crippen LogP contribution in [0, 0.1) is 0 Å². The monoisotopic (exact) mass is 391 g/mol. The molecule has 1 aromatic heterocycles. The summed E-state index contributed by atoms with van der Waals surface area (Å²) in [6.07, 6.45) is 7.22. The molecule has 0 radical (unpaired) electrons. The molecule has 8 heteroatoms. The zero-order valence-corrected chi connectivity index (χ0v) is 17.1. The van der Waals surface area contributed by atoms with Crippen LogP contribution in [0.1, 0.15) is 37.4 Å². The van der Waals surface area contributed by atoms with E-state index < -0.39 is 6.04 Å². The number of aryl methyl sites for hydroxylation is 2. The van der Waals surface area contributed by atoms with Crippen molar-refractivity contribution in [1.82, 2.24) is 20.4 Å². The van der Waals surface area contributed by atoms with Crippen LogP contribution in [0.2, 0.25) is 0 Å². The maximum Gasteiger partial charge on any atom is 0.245 e. The van der Waals surface area contributed by atoms with Crippen molar-refractivity contribution >= 4 is 29.4 Å². The fourth-order valence-corrected chi connectivity index (χ4v) is 4.22. The number of anilines is 1. The van der Waals surface area contributed by atoms with E-state index in [9.17, 15) is 9.59 Å². The van der Waals surface area contributed by atoms with Gasteiger partial charge in [0.1, 0.15) is 6.04 Å². The molecule has 1 aromatic rings. The number of thioether (sulfide) groups is 1. The third kappa shape index (κ3) is 5.12. The second kappa shape index (κ2) is 9.39. The molecule has 1 atom stereocenters. The summed E-state index contributed by atoms with van der Waals surface area (Å²) >= 11 is 1.68. The van der Waals surface area contributed by atoms with Crippen LogP contribution in [-0.4, -0.2) is 71.1 Å². The lowest BCUT2D eigenvalue weighted by molar-refractivity contribution is -0.136. The SMILES string of the molecule is CSCC[C@H](NC(C)=O)C(=O)N1CCN(c2cc3c(nn2)CCCC3)CC1. The molecule has 0 bridgehead atoms. The Morgan fingerprint density at radius 1 is 1.19 bits per heavy atom. The van der Waals surface area contributed by atoms with E-state index in [1.807, 2.05) is 11.2 Å². The van der Waals surface area contributed by atoms with E-state index in [4.69, 9.17) is 0 Å². The van der Waals surface area contributed by atoms with E-state index in [0.29, 0.717) is 19.5 Å². The van der Waals surface area contributed by atoms with Crippen molar-refractivity contribution in [3.8, 4) is 0 Å². The predicted molar refractivity (Wildman–Crippen MR) is 108 cm³/mol. The van der Waals surface area contributed by atoms with E-state index >= 15 is 0 Å². The number of piperazine rings is 1. The lowest BCUT2D eigenvalue weighted by Gasteiger charge is -2.37.